The van der Waals surface area contributed by atoms with Crippen LogP contribution in [0.5, 0.6) is 5.75 Å². The monoisotopic (exact) mass is 423 g/mol. The number of guanidine groups is 1. The second kappa shape index (κ2) is 11.3. The first kappa shape index (κ1) is 22.6. The zero-order valence-corrected chi connectivity index (χ0v) is 17.3. The molecule has 1 aromatic carbocycles. The topological polar surface area (TPSA) is 95.9 Å². The van der Waals surface area contributed by atoms with Crippen molar-refractivity contribution in [3.8, 4) is 5.75 Å². The van der Waals surface area contributed by atoms with E-state index >= 15 is 0 Å². The van der Waals surface area contributed by atoms with Crippen molar-refractivity contribution in [1.29, 1.82) is 0 Å². The zero-order valence-electron chi connectivity index (χ0n) is 16.5. The average molecular weight is 424 g/mol. The predicted molar refractivity (Wildman–Crippen MR) is 110 cm³/mol. The Hall–Kier alpha value is -2.72. The van der Waals surface area contributed by atoms with Crippen molar-refractivity contribution in [2.45, 2.75) is 11.8 Å². The maximum Gasteiger partial charge on any atom is 0.242 e. The number of sulfonamides is 1. The number of halogens is 1. The number of likely N-dealkylation sites (N-methyl/N-ethyl adjacent to an activating group) is 1. The summed E-state index contributed by atoms with van der Waals surface area (Å²) in [5, 5.41) is 3.13. The number of aromatic nitrogens is 1. The third kappa shape index (κ3) is 7.31. The smallest absolute Gasteiger partial charge is 0.242 e. The van der Waals surface area contributed by atoms with Gasteiger partial charge in [0, 0.05) is 32.5 Å². The van der Waals surface area contributed by atoms with Crippen molar-refractivity contribution in [3.05, 3.63) is 54.6 Å². The highest BCUT2D eigenvalue weighted by molar-refractivity contribution is 7.89. The highest BCUT2D eigenvalue weighted by Crippen LogP contribution is 2.15. The fourth-order valence-corrected chi connectivity index (χ4v) is 3.35. The van der Waals surface area contributed by atoms with E-state index in [4.69, 9.17) is 4.74 Å². The van der Waals surface area contributed by atoms with Gasteiger partial charge in [0.05, 0.1) is 13.1 Å². The van der Waals surface area contributed by atoms with Gasteiger partial charge in [-0.1, -0.05) is 12.1 Å². The van der Waals surface area contributed by atoms with Gasteiger partial charge in [0.25, 0.3) is 0 Å². The Labute approximate surface area is 170 Å². The minimum atomic E-state index is -3.61. The van der Waals surface area contributed by atoms with E-state index in [-0.39, 0.29) is 30.3 Å². The Balaban J connectivity index is 1.84. The number of rotatable bonds is 10. The van der Waals surface area contributed by atoms with Crippen LogP contribution >= 0.6 is 0 Å². The fourth-order valence-electron chi connectivity index (χ4n) is 2.36. The lowest BCUT2D eigenvalue weighted by atomic mass is 10.3. The van der Waals surface area contributed by atoms with Gasteiger partial charge in [-0.15, -0.1) is 0 Å². The summed E-state index contributed by atoms with van der Waals surface area (Å²) < 4.78 is 45.9. The molecule has 0 unspecified atom stereocenters. The van der Waals surface area contributed by atoms with Crippen LogP contribution in [0, 0.1) is 5.82 Å². The summed E-state index contributed by atoms with van der Waals surface area (Å²) in [4.78, 5) is 10.2. The van der Waals surface area contributed by atoms with Crippen LogP contribution in [-0.2, 0) is 10.0 Å². The molecule has 0 atom stereocenters. The molecule has 10 heteroatoms. The van der Waals surface area contributed by atoms with E-state index in [0.29, 0.717) is 19.0 Å². The number of benzene rings is 1. The van der Waals surface area contributed by atoms with Crippen LogP contribution in [0.1, 0.15) is 6.92 Å². The molecule has 0 saturated carbocycles. The van der Waals surface area contributed by atoms with Crippen LogP contribution < -0.4 is 14.8 Å². The quantitative estimate of drug-likeness (QED) is 0.341. The van der Waals surface area contributed by atoms with Crippen LogP contribution in [0.2, 0.25) is 0 Å². The average Bonchev–Trinajstić information content (AvgIpc) is 2.72. The molecule has 0 saturated heterocycles. The van der Waals surface area contributed by atoms with Crippen LogP contribution in [-0.4, -0.2) is 64.1 Å². The lowest BCUT2D eigenvalue weighted by molar-refractivity contribution is 0.270. The molecule has 8 nitrogen and oxygen atoms in total. The fraction of sp³-hybridized carbons (Fsp3) is 0.368. The summed E-state index contributed by atoms with van der Waals surface area (Å²) in [5.41, 5.74) is 0. The third-order valence-electron chi connectivity index (χ3n) is 3.83. The van der Waals surface area contributed by atoms with Crippen LogP contribution in [0.25, 0.3) is 0 Å². The molecule has 0 bridgehead atoms. The summed E-state index contributed by atoms with van der Waals surface area (Å²) in [6.45, 7) is 3.73. The third-order valence-corrected chi connectivity index (χ3v) is 5.27. The molecule has 0 aliphatic carbocycles. The van der Waals surface area contributed by atoms with Crippen LogP contribution in [0.4, 0.5) is 4.39 Å². The molecule has 0 fully saturated rings. The predicted octanol–water partition coefficient (Wildman–Crippen LogP) is 1.48. The molecule has 0 radical (unpaired) electrons. The lowest BCUT2D eigenvalue weighted by Crippen LogP contribution is -2.41. The Morgan fingerprint density at radius 3 is 2.76 bits per heavy atom. The van der Waals surface area contributed by atoms with E-state index in [1.165, 1.54) is 24.5 Å². The van der Waals surface area contributed by atoms with E-state index in [1.807, 2.05) is 18.9 Å². The lowest BCUT2D eigenvalue weighted by Gasteiger charge is -2.22. The van der Waals surface area contributed by atoms with E-state index in [9.17, 15) is 12.8 Å². The summed E-state index contributed by atoms with van der Waals surface area (Å²) in [7, 11) is -1.79. The van der Waals surface area contributed by atoms with Gasteiger partial charge in [-0.25, -0.2) is 17.5 Å². The zero-order chi connectivity index (χ0) is 21.1. The van der Waals surface area contributed by atoms with Crippen molar-refractivity contribution in [1.82, 2.24) is 19.9 Å². The Morgan fingerprint density at radius 1 is 1.28 bits per heavy atom. The first-order valence-corrected chi connectivity index (χ1v) is 10.7. The van der Waals surface area contributed by atoms with E-state index < -0.39 is 15.8 Å². The second-order valence-corrected chi connectivity index (χ2v) is 7.79. The molecule has 2 rings (SSSR count). The molecular weight excluding hydrogens is 397 g/mol. The van der Waals surface area contributed by atoms with Gasteiger partial charge >= 0.3 is 0 Å². The Kier molecular flexibility index (Phi) is 8.81. The van der Waals surface area contributed by atoms with E-state index in [2.05, 4.69) is 20.0 Å². The number of pyridine rings is 1. The molecule has 0 spiro atoms. The van der Waals surface area contributed by atoms with Crippen molar-refractivity contribution in [2.75, 3.05) is 39.8 Å². The second-order valence-electron chi connectivity index (χ2n) is 6.02. The van der Waals surface area contributed by atoms with Gasteiger partial charge in [-0.05, 0) is 31.2 Å². The van der Waals surface area contributed by atoms with E-state index in [1.54, 1.807) is 24.3 Å². The molecule has 1 aromatic heterocycles. The minimum absolute atomic E-state index is 0.110. The van der Waals surface area contributed by atoms with E-state index in [0.717, 1.165) is 0 Å². The standard InChI is InChI=1S/C19H26FN5O3S/c1-3-22-19(25(2)13-14-28-18-9-5-4-8-17(18)20)23-11-12-24-29(26,27)16-7-6-10-21-15-16/h4-10,15,24H,3,11-14H2,1-2H3,(H,22,23). The molecule has 158 valence electrons. The van der Waals surface area contributed by atoms with Gasteiger partial charge in [-0.2, -0.15) is 0 Å². The molecule has 0 aliphatic heterocycles. The minimum Gasteiger partial charge on any atom is -0.489 e. The molecule has 2 aromatic rings. The Bertz CT molecular complexity index is 894. The summed E-state index contributed by atoms with van der Waals surface area (Å²) in [6.07, 6.45) is 2.80. The van der Waals surface area contributed by atoms with Crippen molar-refractivity contribution in [2.24, 2.45) is 4.99 Å². The van der Waals surface area contributed by atoms with Gasteiger partial charge < -0.3 is 15.0 Å². The maximum absolute atomic E-state index is 13.6. The number of ether oxygens (including phenoxy) is 1. The summed E-state index contributed by atoms with van der Waals surface area (Å²) in [5.74, 6) is 0.398. The number of hydrogen-bond acceptors (Lipinski definition) is 5. The number of para-hydroxylation sites is 1. The van der Waals surface area contributed by atoms with Gasteiger partial charge in [0.2, 0.25) is 10.0 Å². The normalized spacial score (nSPS) is 11.9. The maximum atomic E-state index is 13.6. The number of hydrogen-bond donors (Lipinski definition) is 2. The molecule has 0 amide bonds. The van der Waals surface area contributed by atoms with Crippen LogP contribution in [0.3, 0.4) is 0 Å². The highest BCUT2D eigenvalue weighted by Gasteiger charge is 2.13. The SMILES string of the molecule is CCNC(=NCCNS(=O)(=O)c1cccnc1)N(C)CCOc1ccccc1F. The number of nitrogens with one attached hydrogen (secondary N) is 2. The van der Waals surface area contributed by atoms with Gasteiger partial charge in [0.1, 0.15) is 11.5 Å². The largest absolute Gasteiger partial charge is 0.489 e. The molecule has 0 aliphatic rings. The molecule has 2 N–H and O–H groups in total. The van der Waals surface area contributed by atoms with Crippen molar-refractivity contribution < 1.29 is 17.5 Å². The van der Waals surface area contributed by atoms with Crippen molar-refractivity contribution in [3.63, 3.8) is 0 Å². The van der Waals surface area contributed by atoms with Crippen LogP contribution in [0.15, 0.2) is 58.7 Å². The van der Waals surface area contributed by atoms with Gasteiger partial charge in [-0.3, -0.25) is 9.98 Å². The first-order chi connectivity index (χ1) is 13.9. The summed E-state index contributed by atoms with van der Waals surface area (Å²) >= 11 is 0. The molecule has 1 heterocycles. The molecular formula is C19H26FN5O3S. The molecule has 29 heavy (non-hydrogen) atoms. The number of nitrogens with zero attached hydrogens (tertiary/aromatic N) is 3. The number of aliphatic imine (C=N–C) groups is 1. The van der Waals surface area contributed by atoms with Crippen molar-refractivity contribution >= 4 is 16.0 Å². The first-order valence-electron chi connectivity index (χ1n) is 9.20. The highest BCUT2D eigenvalue weighted by atomic mass is 32.2. The summed E-state index contributed by atoms with van der Waals surface area (Å²) in [6, 6.07) is 9.27. The van der Waals surface area contributed by atoms with Gasteiger partial charge in [0.15, 0.2) is 17.5 Å². The Morgan fingerprint density at radius 2 is 2.07 bits per heavy atom.